The summed E-state index contributed by atoms with van der Waals surface area (Å²) in [6.07, 6.45) is 1.43. The maximum Gasteiger partial charge on any atom is 0.374 e. The lowest BCUT2D eigenvalue weighted by Gasteiger charge is -2.06. The van der Waals surface area contributed by atoms with Gasteiger partial charge in [0, 0.05) is 23.4 Å². The molecule has 20 heavy (non-hydrogen) atoms. The number of amides is 1. The van der Waals surface area contributed by atoms with Gasteiger partial charge in [0.15, 0.2) is 0 Å². The molecule has 0 unspecified atom stereocenters. The van der Waals surface area contributed by atoms with E-state index in [0.29, 0.717) is 17.7 Å². The number of benzene rings is 1. The van der Waals surface area contributed by atoms with E-state index < -0.39 is 11.9 Å². The SMILES string of the molecule is COC(=O)c1occc1CNc1ccc(C(N)=O)cc1. The fourth-order valence-corrected chi connectivity index (χ4v) is 1.70. The highest BCUT2D eigenvalue weighted by Gasteiger charge is 2.15. The van der Waals surface area contributed by atoms with Gasteiger partial charge in [0.05, 0.1) is 13.4 Å². The molecule has 1 heterocycles. The Labute approximate surface area is 115 Å². The van der Waals surface area contributed by atoms with Gasteiger partial charge in [-0.1, -0.05) is 0 Å². The van der Waals surface area contributed by atoms with E-state index in [-0.39, 0.29) is 5.76 Å². The molecule has 0 aliphatic carbocycles. The molecule has 0 atom stereocenters. The fourth-order valence-electron chi connectivity index (χ4n) is 1.70. The van der Waals surface area contributed by atoms with E-state index in [4.69, 9.17) is 10.2 Å². The van der Waals surface area contributed by atoms with Crippen molar-refractivity contribution in [1.82, 2.24) is 0 Å². The van der Waals surface area contributed by atoms with Crippen LogP contribution in [-0.2, 0) is 11.3 Å². The standard InChI is InChI=1S/C14H14N2O4/c1-19-14(18)12-10(6-7-20-12)8-16-11-4-2-9(3-5-11)13(15)17/h2-7,16H,8H2,1H3,(H2,15,17). The molecule has 2 rings (SSSR count). The average Bonchev–Trinajstić information content (AvgIpc) is 2.93. The predicted octanol–water partition coefficient (Wildman–Crippen LogP) is 1.78. The Hall–Kier alpha value is -2.76. The van der Waals surface area contributed by atoms with Gasteiger partial charge < -0.3 is 20.2 Å². The third kappa shape index (κ3) is 2.97. The molecule has 0 spiro atoms. The monoisotopic (exact) mass is 274 g/mol. The number of nitrogens with two attached hydrogens (primary N) is 1. The molecule has 1 amide bonds. The maximum atomic E-state index is 11.4. The molecule has 1 aromatic carbocycles. The van der Waals surface area contributed by atoms with Crippen molar-refractivity contribution in [3.05, 3.63) is 53.5 Å². The van der Waals surface area contributed by atoms with Crippen molar-refractivity contribution in [2.75, 3.05) is 12.4 Å². The fraction of sp³-hybridized carbons (Fsp3) is 0.143. The summed E-state index contributed by atoms with van der Waals surface area (Å²) in [5.41, 5.74) is 7.09. The Morgan fingerprint density at radius 3 is 2.55 bits per heavy atom. The number of carbonyl (C=O) groups is 2. The van der Waals surface area contributed by atoms with Crippen molar-refractivity contribution in [3.8, 4) is 0 Å². The summed E-state index contributed by atoms with van der Waals surface area (Å²) in [6.45, 7) is 0.400. The molecule has 0 saturated carbocycles. The van der Waals surface area contributed by atoms with Gasteiger partial charge in [-0.05, 0) is 30.3 Å². The van der Waals surface area contributed by atoms with Crippen LogP contribution in [-0.4, -0.2) is 19.0 Å². The minimum absolute atomic E-state index is 0.175. The van der Waals surface area contributed by atoms with E-state index in [1.165, 1.54) is 13.4 Å². The van der Waals surface area contributed by atoms with Gasteiger partial charge in [-0.2, -0.15) is 0 Å². The van der Waals surface area contributed by atoms with E-state index >= 15 is 0 Å². The van der Waals surface area contributed by atoms with Crippen molar-refractivity contribution in [1.29, 1.82) is 0 Å². The molecule has 1 aromatic heterocycles. The number of carbonyl (C=O) groups excluding carboxylic acids is 2. The van der Waals surface area contributed by atoms with Crippen molar-refractivity contribution in [2.24, 2.45) is 5.73 Å². The van der Waals surface area contributed by atoms with E-state index in [9.17, 15) is 9.59 Å². The number of nitrogens with one attached hydrogen (secondary N) is 1. The number of hydrogen-bond acceptors (Lipinski definition) is 5. The average molecular weight is 274 g/mol. The number of primary amides is 1. The molecule has 0 aliphatic rings. The summed E-state index contributed by atoms with van der Waals surface area (Å²) in [5, 5.41) is 3.11. The summed E-state index contributed by atoms with van der Waals surface area (Å²) in [6, 6.07) is 8.41. The molecule has 0 bridgehead atoms. The number of methoxy groups -OCH3 is 1. The van der Waals surface area contributed by atoms with Crippen molar-refractivity contribution >= 4 is 17.6 Å². The summed E-state index contributed by atoms with van der Waals surface area (Å²) in [7, 11) is 1.30. The van der Waals surface area contributed by atoms with Crippen LogP contribution in [0.15, 0.2) is 41.0 Å². The Morgan fingerprint density at radius 2 is 1.95 bits per heavy atom. The molecule has 6 nitrogen and oxygen atoms in total. The van der Waals surface area contributed by atoms with Crippen LogP contribution >= 0.6 is 0 Å². The first-order chi connectivity index (χ1) is 9.61. The highest BCUT2D eigenvalue weighted by molar-refractivity contribution is 5.93. The van der Waals surface area contributed by atoms with Gasteiger partial charge in [0.2, 0.25) is 11.7 Å². The second-order valence-electron chi connectivity index (χ2n) is 4.06. The van der Waals surface area contributed by atoms with Crippen molar-refractivity contribution in [3.63, 3.8) is 0 Å². The highest BCUT2D eigenvalue weighted by atomic mass is 16.5. The van der Waals surface area contributed by atoms with Gasteiger partial charge in [0.1, 0.15) is 0 Å². The highest BCUT2D eigenvalue weighted by Crippen LogP contribution is 2.15. The van der Waals surface area contributed by atoms with Crippen LogP contribution in [0.3, 0.4) is 0 Å². The minimum atomic E-state index is -0.518. The number of esters is 1. The summed E-state index contributed by atoms with van der Waals surface area (Å²) in [5.74, 6) is -0.816. The van der Waals surface area contributed by atoms with Crippen molar-refractivity contribution < 1.29 is 18.7 Å². The van der Waals surface area contributed by atoms with Gasteiger partial charge in [-0.3, -0.25) is 4.79 Å². The Kier molecular flexibility index (Phi) is 4.05. The third-order valence-electron chi connectivity index (χ3n) is 2.77. The van der Waals surface area contributed by atoms with E-state index in [1.807, 2.05) is 0 Å². The summed E-state index contributed by atoms with van der Waals surface area (Å²) >= 11 is 0. The quantitative estimate of drug-likeness (QED) is 0.810. The summed E-state index contributed by atoms with van der Waals surface area (Å²) in [4.78, 5) is 22.4. The maximum absolute atomic E-state index is 11.4. The first kappa shape index (κ1) is 13.7. The van der Waals surface area contributed by atoms with Crippen LogP contribution in [0.5, 0.6) is 0 Å². The molecule has 0 saturated heterocycles. The van der Waals surface area contributed by atoms with E-state index in [0.717, 1.165) is 5.69 Å². The molecule has 104 valence electrons. The first-order valence-corrected chi connectivity index (χ1v) is 5.90. The number of furan rings is 1. The van der Waals surface area contributed by atoms with Crippen LogP contribution in [0.2, 0.25) is 0 Å². The zero-order chi connectivity index (χ0) is 14.5. The second-order valence-corrected chi connectivity index (χ2v) is 4.06. The van der Waals surface area contributed by atoms with Crippen molar-refractivity contribution in [2.45, 2.75) is 6.54 Å². The summed E-state index contributed by atoms with van der Waals surface area (Å²) < 4.78 is 9.70. The minimum Gasteiger partial charge on any atom is -0.463 e. The number of ether oxygens (including phenoxy) is 1. The lowest BCUT2D eigenvalue weighted by Crippen LogP contribution is -2.11. The topological polar surface area (TPSA) is 94.6 Å². The predicted molar refractivity (Wildman–Crippen MR) is 72.3 cm³/mol. The largest absolute Gasteiger partial charge is 0.463 e. The molecular weight excluding hydrogens is 260 g/mol. The molecular formula is C14H14N2O4. The lowest BCUT2D eigenvalue weighted by atomic mass is 10.2. The lowest BCUT2D eigenvalue weighted by molar-refractivity contribution is 0.0563. The van der Waals surface area contributed by atoms with Gasteiger partial charge in [-0.15, -0.1) is 0 Å². The normalized spacial score (nSPS) is 10.1. The van der Waals surface area contributed by atoms with Gasteiger partial charge in [0.25, 0.3) is 0 Å². The van der Waals surface area contributed by atoms with Crippen LogP contribution < -0.4 is 11.1 Å². The van der Waals surface area contributed by atoms with Gasteiger partial charge in [-0.25, -0.2) is 4.79 Å². The Balaban J connectivity index is 2.04. The number of rotatable bonds is 5. The van der Waals surface area contributed by atoms with Crippen LogP contribution in [0, 0.1) is 0 Å². The first-order valence-electron chi connectivity index (χ1n) is 5.90. The molecule has 6 heteroatoms. The molecule has 0 fully saturated rings. The molecule has 0 radical (unpaired) electrons. The molecule has 0 aliphatic heterocycles. The third-order valence-corrected chi connectivity index (χ3v) is 2.77. The van der Waals surface area contributed by atoms with Crippen LogP contribution in [0.25, 0.3) is 0 Å². The smallest absolute Gasteiger partial charge is 0.374 e. The zero-order valence-electron chi connectivity index (χ0n) is 10.9. The second kappa shape index (κ2) is 5.92. The van der Waals surface area contributed by atoms with Crippen LogP contribution in [0.4, 0.5) is 5.69 Å². The van der Waals surface area contributed by atoms with E-state index in [1.54, 1.807) is 30.3 Å². The van der Waals surface area contributed by atoms with Crippen LogP contribution in [0.1, 0.15) is 26.5 Å². The van der Waals surface area contributed by atoms with Gasteiger partial charge >= 0.3 is 5.97 Å². The van der Waals surface area contributed by atoms with E-state index in [2.05, 4.69) is 10.1 Å². The Bertz CT molecular complexity index is 616. The molecule has 2 aromatic rings. The number of anilines is 1. The zero-order valence-corrected chi connectivity index (χ0v) is 10.9. The Morgan fingerprint density at radius 1 is 1.25 bits per heavy atom. The molecule has 3 N–H and O–H groups in total. The number of hydrogen-bond donors (Lipinski definition) is 2.